The lowest BCUT2D eigenvalue weighted by Crippen LogP contribution is -2.31. The first kappa shape index (κ1) is 14.7. The van der Waals surface area contributed by atoms with Gasteiger partial charge in [-0.25, -0.2) is 4.39 Å². The Labute approximate surface area is 118 Å². The van der Waals surface area contributed by atoms with Gasteiger partial charge in [0.15, 0.2) is 0 Å². The second-order valence-electron chi connectivity index (χ2n) is 4.78. The predicted octanol–water partition coefficient (Wildman–Crippen LogP) is 3.20. The molecule has 0 aliphatic rings. The highest BCUT2D eigenvalue weighted by atomic mass is 19.1. The summed E-state index contributed by atoms with van der Waals surface area (Å²) in [5, 5.41) is 7.39. The van der Waals surface area contributed by atoms with Crippen LogP contribution in [-0.2, 0) is 6.42 Å². The summed E-state index contributed by atoms with van der Waals surface area (Å²) in [6, 6.07) is 6.43. The molecule has 0 amide bonds. The number of benzene rings is 1. The lowest BCUT2D eigenvalue weighted by Gasteiger charge is -2.13. The smallest absolute Gasteiger partial charge is 0.228 e. The Balaban J connectivity index is 2.02. The molecule has 20 heavy (non-hydrogen) atoms. The molecule has 0 bridgehead atoms. The molecule has 1 heterocycles. The van der Waals surface area contributed by atoms with E-state index in [1.165, 1.54) is 12.1 Å². The molecular formula is C15H20FN3O. The van der Waals surface area contributed by atoms with Crippen molar-refractivity contribution in [1.29, 1.82) is 0 Å². The Morgan fingerprint density at radius 2 is 2.00 bits per heavy atom. The summed E-state index contributed by atoms with van der Waals surface area (Å²) in [5.41, 5.74) is 0.760. The Morgan fingerprint density at radius 3 is 2.65 bits per heavy atom. The maximum atomic E-state index is 12.9. The van der Waals surface area contributed by atoms with Crippen LogP contribution in [0.5, 0.6) is 0 Å². The van der Waals surface area contributed by atoms with Crippen molar-refractivity contribution < 1.29 is 8.91 Å². The number of rotatable bonds is 7. The van der Waals surface area contributed by atoms with Crippen molar-refractivity contribution in [3.63, 3.8) is 0 Å². The van der Waals surface area contributed by atoms with Gasteiger partial charge in [-0.3, -0.25) is 0 Å². The number of hydrogen-bond acceptors (Lipinski definition) is 4. The van der Waals surface area contributed by atoms with Crippen LogP contribution < -0.4 is 5.32 Å². The lowest BCUT2D eigenvalue weighted by molar-refractivity contribution is 0.354. The van der Waals surface area contributed by atoms with Gasteiger partial charge in [0.1, 0.15) is 5.82 Å². The summed E-state index contributed by atoms with van der Waals surface area (Å²) >= 11 is 0. The molecule has 1 atom stereocenters. The van der Waals surface area contributed by atoms with E-state index in [2.05, 4.69) is 29.3 Å². The Bertz CT molecular complexity index is 524. The lowest BCUT2D eigenvalue weighted by atomic mass is 10.1. The first-order chi connectivity index (χ1) is 9.72. The van der Waals surface area contributed by atoms with Gasteiger partial charge in [0.05, 0.1) is 0 Å². The zero-order valence-electron chi connectivity index (χ0n) is 11.9. The van der Waals surface area contributed by atoms with E-state index >= 15 is 0 Å². The minimum atomic E-state index is -0.271. The molecule has 108 valence electrons. The number of nitrogens with zero attached hydrogens (tertiary/aromatic N) is 2. The third-order valence-corrected chi connectivity index (χ3v) is 3.17. The van der Waals surface area contributed by atoms with Gasteiger partial charge in [-0.1, -0.05) is 19.0 Å². The third-order valence-electron chi connectivity index (χ3n) is 3.17. The molecule has 0 aliphatic heterocycles. The monoisotopic (exact) mass is 277 g/mol. The summed E-state index contributed by atoms with van der Waals surface area (Å²) < 4.78 is 18.1. The normalized spacial score (nSPS) is 12.6. The molecule has 4 nitrogen and oxygen atoms in total. The van der Waals surface area contributed by atoms with E-state index in [1.807, 2.05) is 0 Å². The molecule has 5 heteroatoms. The molecule has 1 aromatic carbocycles. The van der Waals surface area contributed by atoms with Gasteiger partial charge in [0, 0.05) is 18.0 Å². The van der Waals surface area contributed by atoms with Crippen LogP contribution in [0.3, 0.4) is 0 Å². The van der Waals surface area contributed by atoms with E-state index in [0.29, 0.717) is 24.2 Å². The molecular weight excluding hydrogens is 257 g/mol. The van der Waals surface area contributed by atoms with Crippen LogP contribution in [0, 0.1) is 5.82 Å². The van der Waals surface area contributed by atoms with E-state index in [9.17, 15) is 4.39 Å². The summed E-state index contributed by atoms with van der Waals surface area (Å²) in [6.07, 6.45) is 2.82. The van der Waals surface area contributed by atoms with Crippen LogP contribution in [-0.4, -0.2) is 22.7 Å². The Hall–Kier alpha value is -1.75. The van der Waals surface area contributed by atoms with Gasteiger partial charge < -0.3 is 9.84 Å². The molecule has 1 unspecified atom stereocenters. The first-order valence-corrected chi connectivity index (χ1v) is 7.04. The van der Waals surface area contributed by atoms with Gasteiger partial charge in [-0.2, -0.15) is 4.98 Å². The highest BCUT2D eigenvalue weighted by molar-refractivity contribution is 5.53. The molecule has 0 saturated carbocycles. The molecule has 1 aromatic heterocycles. The highest BCUT2D eigenvalue weighted by Gasteiger charge is 2.13. The van der Waals surface area contributed by atoms with Gasteiger partial charge in [-0.15, -0.1) is 0 Å². The second-order valence-corrected chi connectivity index (χ2v) is 4.78. The van der Waals surface area contributed by atoms with Crippen LogP contribution >= 0.6 is 0 Å². The minimum Gasteiger partial charge on any atom is -0.339 e. The van der Waals surface area contributed by atoms with Gasteiger partial charge in [-0.05, 0) is 43.7 Å². The fraction of sp³-hybridized carbons (Fsp3) is 0.467. The van der Waals surface area contributed by atoms with Crippen LogP contribution in [0.4, 0.5) is 4.39 Å². The molecule has 0 fully saturated rings. The number of nitrogens with one attached hydrogen (secondary N) is 1. The van der Waals surface area contributed by atoms with E-state index < -0.39 is 0 Å². The van der Waals surface area contributed by atoms with Crippen molar-refractivity contribution in [2.24, 2.45) is 0 Å². The molecule has 1 N–H and O–H groups in total. The Morgan fingerprint density at radius 1 is 1.25 bits per heavy atom. The molecule has 0 saturated heterocycles. The summed E-state index contributed by atoms with van der Waals surface area (Å²) in [7, 11) is 0. The SMILES string of the molecule is CCCNC(CC)Cc1nc(-c2ccc(F)cc2)no1. The van der Waals surface area contributed by atoms with E-state index in [4.69, 9.17) is 4.52 Å². The summed E-state index contributed by atoms with van der Waals surface area (Å²) in [5.74, 6) is 0.845. The quantitative estimate of drug-likeness (QED) is 0.844. The highest BCUT2D eigenvalue weighted by Crippen LogP contribution is 2.16. The van der Waals surface area contributed by atoms with Crippen molar-refractivity contribution in [2.75, 3.05) is 6.54 Å². The predicted molar refractivity (Wildman–Crippen MR) is 75.8 cm³/mol. The Kier molecular flexibility index (Phi) is 5.24. The molecule has 2 aromatic rings. The number of aromatic nitrogens is 2. The molecule has 0 aliphatic carbocycles. The summed E-state index contributed by atoms with van der Waals surface area (Å²) in [6.45, 7) is 5.25. The van der Waals surface area contributed by atoms with Crippen molar-refractivity contribution in [1.82, 2.24) is 15.5 Å². The van der Waals surface area contributed by atoms with Gasteiger partial charge in [0.2, 0.25) is 11.7 Å². The van der Waals surface area contributed by atoms with E-state index in [-0.39, 0.29) is 5.82 Å². The minimum absolute atomic E-state index is 0.271. The number of halogens is 1. The third kappa shape index (κ3) is 3.87. The van der Waals surface area contributed by atoms with Crippen LogP contribution in [0.1, 0.15) is 32.6 Å². The first-order valence-electron chi connectivity index (χ1n) is 7.04. The fourth-order valence-electron chi connectivity index (χ4n) is 1.97. The van der Waals surface area contributed by atoms with Gasteiger partial charge in [0.25, 0.3) is 0 Å². The average molecular weight is 277 g/mol. The topological polar surface area (TPSA) is 51.0 Å². The largest absolute Gasteiger partial charge is 0.339 e. The molecule has 2 rings (SSSR count). The maximum absolute atomic E-state index is 12.9. The van der Waals surface area contributed by atoms with Gasteiger partial charge >= 0.3 is 0 Å². The maximum Gasteiger partial charge on any atom is 0.228 e. The van der Waals surface area contributed by atoms with Crippen LogP contribution in [0.25, 0.3) is 11.4 Å². The van der Waals surface area contributed by atoms with Crippen molar-refractivity contribution >= 4 is 0 Å². The zero-order valence-corrected chi connectivity index (χ0v) is 11.9. The number of hydrogen-bond donors (Lipinski definition) is 1. The van der Waals surface area contributed by atoms with E-state index in [1.54, 1.807) is 12.1 Å². The molecule has 0 radical (unpaired) electrons. The summed E-state index contributed by atoms with van der Waals surface area (Å²) in [4.78, 5) is 4.37. The van der Waals surface area contributed by atoms with Crippen molar-refractivity contribution in [3.05, 3.63) is 36.0 Å². The average Bonchev–Trinajstić information content (AvgIpc) is 2.92. The van der Waals surface area contributed by atoms with Crippen LogP contribution in [0.15, 0.2) is 28.8 Å². The van der Waals surface area contributed by atoms with Crippen molar-refractivity contribution in [2.45, 2.75) is 39.2 Å². The molecule has 0 spiro atoms. The van der Waals surface area contributed by atoms with E-state index in [0.717, 1.165) is 24.9 Å². The van der Waals surface area contributed by atoms with Crippen molar-refractivity contribution in [3.8, 4) is 11.4 Å². The zero-order chi connectivity index (χ0) is 14.4. The second kappa shape index (κ2) is 7.14. The van der Waals surface area contributed by atoms with Crippen LogP contribution in [0.2, 0.25) is 0 Å². The fourth-order valence-corrected chi connectivity index (χ4v) is 1.97. The standard InChI is InChI=1S/C15H20FN3O/c1-3-9-17-13(4-2)10-14-18-15(19-20-14)11-5-7-12(16)8-6-11/h5-8,13,17H,3-4,9-10H2,1-2H3.